The van der Waals surface area contributed by atoms with E-state index in [2.05, 4.69) is 77.4 Å². The van der Waals surface area contributed by atoms with Crippen LogP contribution in [0.2, 0.25) is 0 Å². The van der Waals surface area contributed by atoms with E-state index in [0.717, 1.165) is 18.8 Å². The van der Waals surface area contributed by atoms with Crippen LogP contribution in [0.3, 0.4) is 0 Å². The standard InChI is InChI=1S/C23H24N2O/c1-26-21-14-8-6-12-19(21)16-25-23-20-13-7-5-11-18(20)15-24-22(23)17-9-3-2-4-10-17/h2-14,22-25H,15-16H2,1H3/t22-,23+/m0/s1. The van der Waals surface area contributed by atoms with Crippen LogP contribution in [0, 0.1) is 0 Å². The Bertz CT molecular complexity index is 863. The van der Waals surface area contributed by atoms with Crippen molar-refractivity contribution in [1.82, 2.24) is 10.6 Å². The molecule has 1 aliphatic heterocycles. The zero-order chi connectivity index (χ0) is 17.8. The van der Waals surface area contributed by atoms with Gasteiger partial charge >= 0.3 is 0 Å². The van der Waals surface area contributed by atoms with Gasteiger partial charge in [-0.1, -0.05) is 72.8 Å². The highest BCUT2D eigenvalue weighted by molar-refractivity contribution is 5.38. The topological polar surface area (TPSA) is 33.3 Å². The SMILES string of the molecule is COc1ccccc1CN[C@@H]1c2ccccc2CN[C@H]1c1ccccc1. The number of ether oxygens (including phenoxy) is 1. The summed E-state index contributed by atoms with van der Waals surface area (Å²) in [7, 11) is 1.73. The van der Waals surface area contributed by atoms with Crippen molar-refractivity contribution in [2.75, 3.05) is 7.11 Å². The highest BCUT2D eigenvalue weighted by Crippen LogP contribution is 2.35. The molecule has 0 spiro atoms. The third-order valence-corrected chi connectivity index (χ3v) is 5.10. The Balaban J connectivity index is 1.64. The minimum Gasteiger partial charge on any atom is -0.496 e. The first-order valence-electron chi connectivity index (χ1n) is 9.08. The average molecular weight is 344 g/mol. The van der Waals surface area contributed by atoms with Crippen LogP contribution < -0.4 is 15.4 Å². The van der Waals surface area contributed by atoms with Gasteiger partial charge in [0.1, 0.15) is 5.75 Å². The molecule has 3 aromatic rings. The number of methoxy groups -OCH3 is 1. The molecule has 0 saturated heterocycles. The molecule has 3 nitrogen and oxygen atoms in total. The van der Waals surface area contributed by atoms with Gasteiger partial charge in [0.25, 0.3) is 0 Å². The number of para-hydroxylation sites is 1. The van der Waals surface area contributed by atoms with E-state index in [4.69, 9.17) is 4.74 Å². The molecular formula is C23H24N2O. The minimum atomic E-state index is 0.201. The molecule has 132 valence electrons. The van der Waals surface area contributed by atoms with Crippen molar-refractivity contribution in [1.29, 1.82) is 0 Å². The summed E-state index contributed by atoms with van der Waals surface area (Å²) < 4.78 is 5.51. The van der Waals surface area contributed by atoms with E-state index in [1.165, 1.54) is 22.3 Å². The van der Waals surface area contributed by atoms with Gasteiger partial charge in [-0.2, -0.15) is 0 Å². The zero-order valence-corrected chi connectivity index (χ0v) is 15.0. The Morgan fingerprint density at radius 3 is 2.50 bits per heavy atom. The summed E-state index contributed by atoms with van der Waals surface area (Å²) in [6, 6.07) is 28.0. The van der Waals surface area contributed by atoms with Crippen molar-refractivity contribution in [3.63, 3.8) is 0 Å². The maximum atomic E-state index is 5.51. The fourth-order valence-electron chi connectivity index (χ4n) is 3.78. The number of hydrogen-bond acceptors (Lipinski definition) is 3. The van der Waals surface area contributed by atoms with E-state index in [9.17, 15) is 0 Å². The Hall–Kier alpha value is -2.62. The highest BCUT2D eigenvalue weighted by Gasteiger charge is 2.29. The smallest absolute Gasteiger partial charge is 0.123 e. The first kappa shape index (κ1) is 16.8. The van der Waals surface area contributed by atoms with Gasteiger partial charge in [0.2, 0.25) is 0 Å². The van der Waals surface area contributed by atoms with Crippen molar-refractivity contribution in [3.8, 4) is 5.75 Å². The van der Waals surface area contributed by atoms with E-state index in [0.29, 0.717) is 0 Å². The van der Waals surface area contributed by atoms with Gasteiger partial charge in [0.05, 0.1) is 19.2 Å². The molecule has 0 aromatic heterocycles. The molecule has 0 radical (unpaired) electrons. The van der Waals surface area contributed by atoms with Gasteiger partial charge in [-0.15, -0.1) is 0 Å². The Morgan fingerprint density at radius 2 is 1.65 bits per heavy atom. The van der Waals surface area contributed by atoms with Crippen molar-refractivity contribution in [2.24, 2.45) is 0 Å². The lowest BCUT2D eigenvalue weighted by atomic mass is 9.87. The lowest BCUT2D eigenvalue weighted by Gasteiger charge is -2.36. The molecular weight excluding hydrogens is 320 g/mol. The molecule has 0 fully saturated rings. The molecule has 2 N–H and O–H groups in total. The van der Waals surface area contributed by atoms with Crippen molar-refractivity contribution in [3.05, 3.63) is 101 Å². The molecule has 0 saturated carbocycles. The van der Waals surface area contributed by atoms with Crippen LogP contribution >= 0.6 is 0 Å². The van der Waals surface area contributed by atoms with Crippen LogP contribution in [0.5, 0.6) is 5.75 Å². The molecule has 26 heavy (non-hydrogen) atoms. The Kier molecular flexibility index (Phi) is 5.00. The Morgan fingerprint density at radius 1 is 0.923 bits per heavy atom. The molecule has 0 bridgehead atoms. The number of benzene rings is 3. The normalized spacial score (nSPS) is 19.0. The molecule has 4 rings (SSSR count). The largest absolute Gasteiger partial charge is 0.496 e. The van der Waals surface area contributed by atoms with E-state index in [1.807, 2.05) is 12.1 Å². The van der Waals surface area contributed by atoms with E-state index < -0.39 is 0 Å². The first-order valence-corrected chi connectivity index (χ1v) is 9.08. The molecule has 0 amide bonds. The molecule has 0 aliphatic carbocycles. The van der Waals surface area contributed by atoms with Crippen LogP contribution in [0.4, 0.5) is 0 Å². The zero-order valence-electron chi connectivity index (χ0n) is 15.0. The van der Waals surface area contributed by atoms with Crippen LogP contribution in [-0.2, 0) is 13.1 Å². The van der Waals surface area contributed by atoms with E-state index in [-0.39, 0.29) is 12.1 Å². The predicted octanol–water partition coefficient (Wildman–Crippen LogP) is 4.37. The lowest BCUT2D eigenvalue weighted by Crippen LogP contribution is -2.39. The van der Waals surface area contributed by atoms with Crippen LogP contribution in [0.25, 0.3) is 0 Å². The Labute approximate surface area is 155 Å². The highest BCUT2D eigenvalue weighted by atomic mass is 16.5. The van der Waals surface area contributed by atoms with Crippen molar-refractivity contribution < 1.29 is 4.74 Å². The number of hydrogen-bond donors (Lipinski definition) is 2. The second-order valence-electron chi connectivity index (χ2n) is 6.64. The van der Waals surface area contributed by atoms with Crippen molar-refractivity contribution in [2.45, 2.75) is 25.2 Å². The average Bonchev–Trinajstić information content (AvgIpc) is 2.72. The minimum absolute atomic E-state index is 0.201. The molecule has 3 heteroatoms. The predicted molar refractivity (Wildman–Crippen MR) is 105 cm³/mol. The van der Waals surface area contributed by atoms with Gasteiger partial charge in [-0.3, -0.25) is 0 Å². The summed E-state index contributed by atoms with van der Waals surface area (Å²) in [5.74, 6) is 0.924. The fraction of sp³-hybridized carbons (Fsp3) is 0.217. The molecule has 1 heterocycles. The van der Waals surface area contributed by atoms with Gasteiger partial charge in [-0.05, 0) is 22.8 Å². The monoisotopic (exact) mass is 344 g/mol. The van der Waals surface area contributed by atoms with Crippen molar-refractivity contribution >= 4 is 0 Å². The fourth-order valence-corrected chi connectivity index (χ4v) is 3.78. The summed E-state index contributed by atoms with van der Waals surface area (Å²) >= 11 is 0. The summed E-state index contributed by atoms with van der Waals surface area (Å²) in [6.07, 6.45) is 0. The third-order valence-electron chi connectivity index (χ3n) is 5.10. The van der Waals surface area contributed by atoms with E-state index in [1.54, 1.807) is 7.11 Å². The van der Waals surface area contributed by atoms with Gasteiger partial charge < -0.3 is 15.4 Å². The lowest BCUT2D eigenvalue weighted by molar-refractivity contribution is 0.351. The van der Waals surface area contributed by atoms with Crippen LogP contribution in [-0.4, -0.2) is 7.11 Å². The maximum Gasteiger partial charge on any atom is 0.123 e. The van der Waals surface area contributed by atoms with Gasteiger partial charge in [-0.25, -0.2) is 0 Å². The number of nitrogens with one attached hydrogen (secondary N) is 2. The summed E-state index contributed by atoms with van der Waals surface area (Å²) in [4.78, 5) is 0. The second-order valence-corrected chi connectivity index (χ2v) is 6.64. The number of rotatable bonds is 5. The van der Waals surface area contributed by atoms with Crippen LogP contribution in [0.1, 0.15) is 34.3 Å². The summed E-state index contributed by atoms with van der Waals surface area (Å²) in [6.45, 7) is 1.65. The van der Waals surface area contributed by atoms with Gasteiger partial charge in [0, 0.05) is 18.7 Å². The molecule has 2 atom stereocenters. The summed E-state index contributed by atoms with van der Waals surface area (Å²) in [5, 5.41) is 7.49. The second kappa shape index (κ2) is 7.73. The van der Waals surface area contributed by atoms with E-state index >= 15 is 0 Å². The molecule has 0 unspecified atom stereocenters. The third kappa shape index (κ3) is 3.36. The molecule has 3 aromatic carbocycles. The van der Waals surface area contributed by atoms with Crippen LogP contribution in [0.15, 0.2) is 78.9 Å². The first-order chi connectivity index (χ1) is 12.9. The number of fused-ring (bicyclic) bond motifs is 1. The van der Waals surface area contributed by atoms with Gasteiger partial charge in [0.15, 0.2) is 0 Å². The summed E-state index contributed by atoms with van der Waals surface area (Å²) in [5.41, 5.74) is 5.21. The maximum absolute atomic E-state index is 5.51. The quantitative estimate of drug-likeness (QED) is 0.721. The molecule has 1 aliphatic rings.